The Hall–Kier alpha value is -7.78. The van der Waals surface area contributed by atoms with E-state index >= 15 is 0 Å². The first-order chi connectivity index (χ1) is 31.7. The fraction of sp³-hybridized carbons (Fsp3) is 0.409. The fourth-order valence-corrected chi connectivity index (χ4v) is 7.45. The molecule has 8 amide bonds. The maximum atomic E-state index is 14.5. The van der Waals surface area contributed by atoms with Crippen LogP contribution in [-0.4, -0.2) is 118 Å². The predicted octanol–water partition coefficient (Wildman–Crippen LogP) is -1.92. The number of amides is 8. The minimum Gasteiger partial charge on any atom is -0.370 e. The van der Waals surface area contributed by atoms with Crippen molar-refractivity contribution in [2.75, 3.05) is 13.1 Å². The van der Waals surface area contributed by atoms with Gasteiger partial charge in [0, 0.05) is 74.7 Å². The van der Waals surface area contributed by atoms with Gasteiger partial charge in [0.25, 0.3) is 0 Å². The number of hydrogen-bond donors (Lipinski definition) is 12. The van der Waals surface area contributed by atoms with Gasteiger partial charge in [-0.05, 0) is 49.3 Å². The molecule has 0 saturated carbocycles. The van der Waals surface area contributed by atoms with Crippen molar-refractivity contribution in [3.63, 3.8) is 0 Å². The number of aromatic nitrogens is 3. The van der Waals surface area contributed by atoms with Gasteiger partial charge >= 0.3 is 0 Å². The molecule has 22 heteroatoms. The van der Waals surface area contributed by atoms with Crippen LogP contribution in [0.15, 0.2) is 78.3 Å². The number of fused-ring (bicyclic) bond motifs is 1. The molecule has 6 atom stereocenters. The third-order valence-electron chi connectivity index (χ3n) is 10.8. The number of benzene rings is 2. The average molecular weight is 911 g/mol. The standard InChI is InChI=1S/C44H58N14O8/c1-25(59)53-33-15-16-37(60)49-17-7-13-31(38(45)61)54-42(65)35(20-27-22-51-30-12-6-5-11-29(27)30)57-39(62)32(14-8-18-50-44(46)47)55-41(64)34(19-26-9-3-2-4-10-26)56-43(66)36(58-40(33)63)21-28-23-48-24-52-28/h2-6,9-12,22-24,31-36,51H,7-8,13-21H2,1H3,(H2,45,61)(H,48,52)(H,49,60)(H,53,59)(H,54,65)(H,55,64)(H,56,66)(H,57,62)(H,58,63)(H4,46,47,50)/t31?,32-,33-,34+,35-,36-/m0/s1. The number of aromatic amines is 2. The Balaban J connectivity index is 1.53. The van der Waals surface area contributed by atoms with E-state index in [4.69, 9.17) is 17.2 Å². The number of nitrogens with zero attached hydrogens (tertiary/aromatic N) is 2. The number of primary amides is 1. The summed E-state index contributed by atoms with van der Waals surface area (Å²) in [6.45, 7) is 1.34. The number of para-hydroxylation sites is 1. The summed E-state index contributed by atoms with van der Waals surface area (Å²) >= 11 is 0. The number of rotatable bonds is 12. The Labute approximate surface area is 380 Å². The molecule has 5 rings (SSSR count). The van der Waals surface area contributed by atoms with Crippen LogP contribution in [0.5, 0.6) is 0 Å². The van der Waals surface area contributed by atoms with Crippen LogP contribution in [0.25, 0.3) is 10.9 Å². The van der Waals surface area contributed by atoms with Gasteiger partial charge in [0.15, 0.2) is 5.96 Å². The van der Waals surface area contributed by atoms with Crippen molar-refractivity contribution >= 4 is 64.1 Å². The molecule has 1 fully saturated rings. The number of guanidine groups is 1. The van der Waals surface area contributed by atoms with E-state index in [0.717, 1.165) is 10.9 Å². The maximum Gasteiger partial charge on any atom is 0.243 e. The van der Waals surface area contributed by atoms with Crippen LogP contribution in [0, 0.1) is 0 Å². The van der Waals surface area contributed by atoms with Gasteiger partial charge in [0.1, 0.15) is 36.3 Å². The molecule has 0 radical (unpaired) electrons. The topological polar surface area (TPSA) is 356 Å². The molecule has 352 valence electrons. The highest BCUT2D eigenvalue weighted by Crippen LogP contribution is 2.20. The molecule has 0 aliphatic carbocycles. The van der Waals surface area contributed by atoms with Gasteiger partial charge in [-0.1, -0.05) is 48.5 Å². The molecule has 0 spiro atoms. The van der Waals surface area contributed by atoms with Gasteiger partial charge in [-0.15, -0.1) is 0 Å². The number of carbonyl (C=O) groups excluding carboxylic acids is 8. The van der Waals surface area contributed by atoms with Crippen molar-refractivity contribution in [1.82, 2.24) is 52.2 Å². The van der Waals surface area contributed by atoms with Gasteiger partial charge < -0.3 is 64.4 Å². The molecule has 4 aromatic rings. The van der Waals surface area contributed by atoms with E-state index < -0.39 is 83.5 Å². The number of carbonyl (C=O) groups is 8. The second-order valence-electron chi connectivity index (χ2n) is 16.0. The SMILES string of the molecule is CC(=O)N[C@H]1CCC(=O)NCCCC(C(N)=O)NC(=O)[C@H](Cc2c[nH]c3ccccc23)NC(=O)[C@H](CCCN=C(N)N)NC(=O)[C@@H](Cc2ccccc2)NC(=O)[C@H](Cc2cnc[nH]2)NC1=O. The summed E-state index contributed by atoms with van der Waals surface area (Å²) in [7, 11) is 0. The van der Waals surface area contributed by atoms with Crippen LogP contribution in [-0.2, 0) is 57.6 Å². The van der Waals surface area contributed by atoms with Crippen LogP contribution in [0.4, 0.5) is 0 Å². The largest absolute Gasteiger partial charge is 0.370 e. The second-order valence-corrected chi connectivity index (χ2v) is 16.0. The molecule has 2 aromatic heterocycles. The lowest BCUT2D eigenvalue weighted by Crippen LogP contribution is -2.60. The summed E-state index contributed by atoms with van der Waals surface area (Å²) in [5.74, 6) is -5.97. The Kier molecular flexibility index (Phi) is 18.2. The second kappa shape index (κ2) is 24.3. The van der Waals surface area contributed by atoms with E-state index in [2.05, 4.69) is 57.2 Å². The lowest BCUT2D eigenvalue weighted by Gasteiger charge is -2.27. The molecule has 2 aromatic carbocycles. The zero-order valence-electron chi connectivity index (χ0n) is 36.6. The number of H-pyrrole nitrogens is 2. The van der Waals surface area contributed by atoms with Crippen molar-refractivity contribution in [1.29, 1.82) is 0 Å². The molecule has 1 aliphatic rings. The third kappa shape index (κ3) is 15.2. The van der Waals surface area contributed by atoms with Crippen LogP contribution in [0.1, 0.15) is 62.3 Å². The quantitative estimate of drug-likeness (QED) is 0.0422. The van der Waals surface area contributed by atoms with E-state index in [1.165, 1.54) is 19.4 Å². The molecular formula is C44H58N14O8. The van der Waals surface area contributed by atoms with Gasteiger partial charge in [-0.3, -0.25) is 43.3 Å². The minimum absolute atomic E-state index is 0.0110. The molecule has 1 aliphatic heterocycles. The zero-order chi connectivity index (χ0) is 47.6. The summed E-state index contributed by atoms with van der Waals surface area (Å²) in [6, 6.07) is 8.35. The van der Waals surface area contributed by atoms with Crippen molar-refractivity contribution in [3.05, 3.63) is 90.1 Å². The van der Waals surface area contributed by atoms with Gasteiger partial charge in [-0.2, -0.15) is 0 Å². The maximum absolute atomic E-state index is 14.5. The summed E-state index contributed by atoms with van der Waals surface area (Å²) in [4.78, 5) is 123. The van der Waals surface area contributed by atoms with Crippen LogP contribution in [0.3, 0.4) is 0 Å². The first kappa shape index (κ1) is 49.2. The molecule has 1 unspecified atom stereocenters. The predicted molar refractivity (Wildman–Crippen MR) is 242 cm³/mol. The molecular weight excluding hydrogens is 853 g/mol. The van der Waals surface area contributed by atoms with E-state index in [1.54, 1.807) is 36.5 Å². The molecule has 15 N–H and O–H groups in total. The Morgan fingerprint density at radius 3 is 2.06 bits per heavy atom. The molecule has 22 nitrogen and oxygen atoms in total. The molecule has 1 saturated heterocycles. The molecule has 3 heterocycles. The van der Waals surface area contributed by atoms with Gasteiger partial charge in [0.05, 0.1) is 6.33 Å². The average Bonchev–Trinajstić information content (AvgIpc) is 3.96. The van der Waals surface area contributed by atoms with Crippen molar-refractivity contribution in [3.8, 4) is 0 Å². The van der Waals surface area contributed by atoms with E-state index in [1.807, 2.05) is 24.3 Å². The summed E-state index contributed by atoms with van der Waals surface area (Å²) in [5, 5.41) is 19.6. The molecule has 0 bridgehead atoms. The van der Waals surface area contributed by atoms with Crippen molar-refractivity contribution < 1.29 is 38.4 Å². The lowest BCUT2D eigenvalue weighted by molar-refractivity contribution is -0.135. The van der Waals surface area contributed by atoms with E-state index in [-0.39, 0.29) is 76.8 Å². The number of nitrogens with one attached hydrogen (secondary N) is 9. The van der Waals surface area contributed by atoms with Crippen molar-refractivity contribution in [2.45, 2.75) is 101 Å². The highest BCUT2D eigenvalue weighted by atomic mass is 16.2. The van der Waals surface area contributed by atoms with Crippen LogP contribution < -0.4 is 54.4 Å². The monoisotopic (exact) mass is 910 g/mol. The number of aliphatic imine (C=N–C) groups is 1. The zero-order valence-corrected chi connectivity index (χ0v) is 36.6. The molecule has 66 heavy (non-hydrogen) atoms. The fourth-order valence-electron chi connectivity index (χ4n) is 7.45. The van der Waals surface area contributed by atoms with E-state index in [9.17, 15) is 38.4 Å². The number of nitrogens with two attached hydrogens (primary N) is 3. The highest BCUT2D eigenvalue weighted by Gasteiger charge is 2.34. The third-order valence-corrected chi connectivity index (χ3v) is 10.8. The van der Waals surface area contributed by atoms with Gasteiger partial charge in [0.2, 0.25) is 47.3 Å². The van der Waals surface area contributed by atoms with E-state index in [0.29, 0.717) is 16.8 Å². The smallest absolute Gasteiger partial charge is 0.243 e. The summed E-state index contributed by atoms with van der Waals surface area (Å²) in [6.07, 6.45) is 4.31. The number of hydrogen-bond acceptors (Lipinski definition) is 10. The van der Waals surface area contributed by atoms with Crippen LogP contribution in [0.2, 0.25) is 0 Å². The van der Waals surface area contributed by atoms with Crippen molar-refractivity contribution in [2.24, 2.45) is 22.2 Å². The lowest BCUT2D eigenvalue weighted by atomic mass is 10.0. The Morgan fingerprint density at radius 1 is 0.742 bits per heavy atom. The minimum atomic E-state index is -1.34. The summed E-state index contributed by atoms with van der Waals surface area (Å²) < 4.78 is 0. The summed E-state index contributed by atoms with van der Waals surface area (Å²) in [5.41, 5.74) is 19.4. The Morgan fingerprint density at radius 2 is 1.38 bits per heavy atom. The highest BCUT2D eigenvalue weighted by molar-refractivity contribution is 5.97. The normalized spacial score (nSPS) is 22.1. The first-order valence-electron chi connectivity index (χ1n) is 21.6. The first-order valence-corrected chi connectivity index (χ1v) is 21.6. The number of imidazole rings is 1. The Bertz CT molecular complexity index is 2350. The van der Waals surface area contributed by atoms with Crippen LogP contribution >= 0.6 is 0 Å². The van der Waals surface area contributed by atoms with Gasteiger partial charge in [-0.25, -0.2) is 4.98 Å².